The Kier molecular flexibility index (Phi) is 11.8. The van der Waals surface area contributed by atoms with E-state index in [1.54, 1.807) is 29.8 Å². The third-order valence-corrected chi connectivity index (χ3v) is 12.9. The third kappa shape index (κ3) is 7.67. The van der Waals surface area contributed by atoms with E-state index < -0.39 is 36.5 Å². The first-order valence-corrected chi connectivity index (χ1v) is 21.0. The quantitative estimate of drug-likeness (QED) is 0.116. The van der Waals surface area contributed by atoms with Crippen molar-refractivity contribution in [1.82, 2.24) is 40.4 Å². The Morgan fingerprint density at radius 2 is 1.37 bits per heavy atom. The van der Waals surface area contributed by atoms with Gasteiger partial charge in [0.25, 0.3) is 0 Å². The molecule has 2 saturated heterocycles. The number of rotatable bonds is 11. The van der Waals surface area contributed by atoms with Gasteiger partial charge in [0.1, 0.15) is 36.1 Å². The summed E-state index contributed by atoms with van der Waals surface area (Å²) in [5.74, 6) is 1.57. The summed E-state index contributed by atoms with van der Waals surface area (Å²) in [5.41, 5.74) is 6.43. The van der Waals surface area contributed by atoms with Crippen LogP contribution in [-0.2, 0) is 35.1 Å². The fraction of sp³-hybridized carbons (Fsp3) is 0.467. The number of ether oxygens (including phenoxy) is 5. The number of carbonyl (C=O) groups excluding carboxylic acids is 4. The number of amides is 4. The number of H-pyrrole nitrogens is 2. The molecule has 0 unspecified atom stereocenters. The Morgan fingerprint density at radius 1 is 0.758 bits per heavy atom. The molecule has 3 aromatic carbocycles. The molecule has 0 spiro atoms. The monoisotopic (exact) mass is 850 g/mol. The molecule has 4 amide bonds. The number of hydrogen-bond donors (Lipinski definition) is 4. The van der Waals surface area contributed by atoms with Gasteiger partial charge in [-0.2, -0.15) is 0 Å². The maximum Gasteiger partial charge on any atom is 0.407 e. The zero-order chi connectivity index (χ0) is 44.0. The van der Waals surface area contributed by atoms with Gasteiger partial charge in [-0.25, -0.2) is 19.6 Å². The fourth-order valence-electron chi connectivity index (χ4n) is 9.26. The van der Waals surface area contributed by atoms with Crippen LogP contribution in [0.25, 0.3) is 44.2 Å². The van der Waals surface area contributed by atoms with Crippen molar-refractivity contribution in [2.75, 3.05) is 28.4 Å². The smallest absolute Gasteiger partial charge is 0.407 e. The number of aromatic amines is 2. The lowest BCUT2D eigenvalue weighted by Gasteiger charge is -2.33. The minimum absolute atomic E-state index is 0.0748. The van der Waals surface area contributed by atoms with E-state index >= 15 is 0 Å². The molecule has 328 valence electrons. The number of nitrogens with zero attached hydrogens (tertiary/aromatic N) is 4. The van der Waals surface area contributed by atoms with Gasteiger partial charge in [0.2, 0.25) is 11.8 Å². The van der Waals surface area contributed by atoms with E-state index in [9.17, 15) is 19.2 Å². The van der Waals surface area contributed by atoms with Crippen molar-refractivity contribution in [3.8, 4) is 28.1 Å². The zero-order valence-corrected chi connectivity index (χ0v) is 36.2. The van der Waals surface area contributed by atoms with Gasteiger partial charge >= 0.3 is 12.2 Å². The van der Waals surface area contributed by atoms with Gasteiger partial charge in [0, 0.05) is 37.3 Å². The first-order chi connectivity index (χ1) is 29.8. The van der Waals surface area contributed by atoms with E-state index in [1.807, 2.05) is 19.9 Å². The van der Waals surface area contributed by atoms with E-state index in [2.05, 4.69) is 57.0 Å². The summed E-state index contributed by atoms with van der Waals surface area (Å²) in [6.45, 7) is 7.84. The van der Waals surface area contributed by atoms with E-state index in [1.165, 1.54) is 28.4 Å². The Labute approximate surface area is 359 Å². The van der Waals surface area contributed by atoms with Crippen LogP contribution in [0.5, 0.6) is 5.75 Å². The highest BCUT2D eigenvalue weighted by molar-refractivity contribution is 6.07. The summed E-state index contributed by atoms with van der Waals surface area (Å²) in [4.78, 5) is 72.7. The highest BCUT2D eigenvalue weighted by Crippen LogP contribution is 2.44. The van der Waals surface area contributed by atoms with E-state index in [0.29, 0.717) is 31.1 Å². The van der Waals surface area contributed by atoms with Crippen LogP contribution < -0.4 is 15.4 Å². The molecule has 4 N–H and O–H groups in total. The first kappa shape index (κ1) is 42.5. The zero-order valence-electron chi connectivity index (χ0n) is 36.2. The van der Waals surface area contributed by atoms with Crippen LogP contribution >= 0.6 is 0 Å². The molecule has 3 aliphatic heterocycles. The molecule has 8 atom stereocenters. The second kappa shape index (κ2) is 17.3. The summed E-state index contributed by atoms with van der Waals surface area (Å²) in [6.07, 6.45) is 2.18. The Balaban J connectivity index is 1.04. The third-order valence-electron chi connectivity index (χ3n) is 12.9. The molecule has 5 heterocycles. The molecule has 3 aliphatic rings. The molecule has 2 fully saturated rings. The SMILES string of the molecule is COC(=O)N[C@H](C(=O)N1[C@@H](C)CC[C@H]1c1ncc(-c2ccc3c(c2)COc2cc4c(ccc5nc([C@@H]6CC[C@H](C)N6C(=O)[C@@H](NC(=O)OC)[C@@H](C)OC)[nH]c54)cc2-3)[nH]1)[C@@H](C)OC. The lowest BCUT2D eigenvalue weighted by Crippen LogP contribution is -2.55. The van der Waals surface area contributed by atoms with E-state index in [4.69, 9.17) is 33.7 Å². The van der Waals surface area contributed by atoms with Crippen molar-refractivity contribution in [3.63, 3.8) is 0 Å². The van der Waals surface area contributed by atoms with Gasteiger partial charge in [-0.05, 0) is 99.7 Å². The van der Waals surface area contributed by atoms with Gasteiger partial charge < -0.3 is 54.1 Å². The molecule has 2 aromatic heterocycles. The number of likely N-dealkylation sites (tertiary alicyclic amines) is 2. The number of alkyl carbamates (subject to hydrolysis) is 2. The van der Waals surface area contributed by atoms with Crippen LogP contribution in [0.1, 0.15) is 82.7 Å². The number of nitrogens with one attached hydrogen (secondary N) is 4. The van der Waals surface area contributed by atoms with Crippen LogP contribution in [0.15, 0.2) is 48.7 Å². The molecule has 0 aliphatic carbocycles. The van der Waals surface area contributed by atoms with E-state index in [-0.39, 0.29) is 36.0 Å². The highest BCUT2D eigenvalue weighted by atomic mass is 16.5. The van der Waals surface area contributed by atoms with Gasteiger partial charge in [-0.3, -0.25) is 9.59 Å². The number of aromatic nitrogens is 4. The fourth-order valence-corrected chi connectivity index (χ4v) is 9.26. The molecule has 62 heavy (non-hydrogen) atoms. The number of imidazole rings is 2. The summed E-state index contributed by atoms with van der Waals surface area (Å²) in [7, 11) is 5.52. The molecular formula is C45H54N8O9. The van der Waals surface area contributed by atoms with Crippen molar-refractivity contribution in [2.24, 2.45) is 0 Å². The van der Waals surface area contributed by atoms with Gasteiger partial charge in [-0.15, -0.1) is 0 Å². The highest BCUT2D eigenvalue weighted by Gasteiger charge is 2.44. The van der Waals surface area contributed by atoms with Crippen molar-refractivity contribution in [3.05, 3.63) is 65.9 Å². The van der Waals surface area contributed by atoms with Crippen molar-refractivity contribution in [2.45, 2.75) is 108 Å². The average molecular weight is 851 g/mol. The molecule has 0 radical (unpaired) electrons. The van der Waals surface area contributed by atoms with Gasteiger partial charge in [-0.1, -0.05) is 18.2 Å². The number of methoxy groups -OCH3 is 4. The van der Waals surface area contributed by atoms with Crippen molar-refractivity contribution >= 4 is 45.8 Å². The molecule has 8 rings (SSSR count). The minimum Gasteiger partial charge on any atom is -0.488 e. The molecule has 17 nitrogen and oxygen atoms in total. The maximum absolute atomic E-state index is 14.0. The average Bonchev–Trinajstić information content (AvgIpc) is 4.11. The second-order valence-electron chi connectivity index (χ2n) is 16.5. The van der Waals surface area contributed by atoms with Crippen molar-refractivity contribution < 1.29 is 42.9 Å². The number of benzene rings is 3. The molecule has 0 bridgehead atoms. The normalized spacial score (nSPS) is 21.4. The Hall–Kier alpha value is -6.20. The molecule has 5 aromatic rings. The topological polar surface area (TPSA) is 202 Å². The number of fused-ring (bicyclic) bond motifs is 6. The predicted octanol–water partition coefficient (Wildman–Crippen LogP) is 6.29. The van der Waals surface area contributed by atoms with Crippen LogP contribution in [0.4, 0.5) is 9.59 Å². The molecular weight excluding hydrogens is 797 g/mol. The summed E-state index contributed by atoms with van der Waals surface area (Å²) in [6, 6.07) is 11.8. The predicted molar refractivity (Wildman–Crippen MR) is 229 cm³/mol. The standard InChI is InChI=1S/C45H54N8O9/c1-22-9-15-34(52(22)42(54)37(24(3)58-5)50-44(56)60-7)40-46-20-33(48-40)27-11-13-29-28(17-27)21-62-36-19-30-26(18-31(29)36)12-14-32-39(30)49-41(47-32)35-16-10-23(2)53(35)43(55)38(25(4)59-6)51-45(57)61-8/h11-14,17-20,22-25,34-35,37-38H,9-10,15-16,21H2,1-8H3,(H,46,48)(H,47,49)(H,50,56)(H,51,57)/t22-,23-,24+,25+,34-,35-,37-,38-/m0/s1. The second-order valence-corrected chi connectivity index (χ2v) is 16.5. The summed E-state index contributed by atoms with van der Waals surface area (Å²) in [5, 5.41) is 7.26. The lowest BCUT2D eigenvalue weighted by atomic mass is 9.92. The summed E-state index contributed by atoms with van der Waals surface area (Å²) >= 11 is 0. The van der Waals surface area contributed by atoms with Crippen LogP contribution in [0.2, 0.25) is 0 Å². The van der Waals surface area contributed by atoms with Crippen LogP contribution in [0.3, 0.4) is 0 Å². The van der Waals surface area contributed by atoms with E-state index in [0.717, 1.165) is 68.3 Å². The minimum atomic E-state index is -0.938. The van der Waals surface area contributed by atoms with Crippen molar-refractivity contribution in [1.29, 1.82) is 0 Å². The van der Waals surface area contributed by atoms with Crippen LogP contribution in [0, 0.1) is 0 Å². The molecule has 17 heteroatoms. The number of carbonyl (C=O) groups is 4. The van der Waals surface area contributed by atoms with Crippen LogP contribution in [-0.4, -0.2) is 119 Å². The van der Waals surface area contributed by atoms with Gasteiger partial charge in [0.05, 0.1) is 61.4 Å². The van der Waals surface area contributed by atoms with Gasteiger partial charge in [0.15, 0.2) is 0 Å². The Bertz CT molecular complexity index is 2520. The maximum atomic E-state index is 14.0. The lowest BCUT2D eigenvalue weighted by molar-refractivity contribution is -0.140. The summed E-state index contributed by atoms with van der Waals surface area (Å²) < 4.78 is 27.0. The largest absolute Gasteiger partial charge is 0.488 e. The number of hydrogen-bond acceptors (Lipinski definition) is 11. The Morgan fingerprint density at radius 3 is 1.97 bits per heavy atom. The molecule has 0 saturated carbocycles. The first-order valence-electron chi connectivity index (χ1n) is 21.0.